The number of hydrogen-bond donors (Lipinski definition) is 2. The van der Waals surface area contributed by atoms with Gasteiger partial charge in [-0.05, 0) is 25.2 Å². The predicted molar refractivity (Wildman–Crippen MR) is 52.9 cm³/mol. The largest absolute Gasteiger partial charge is 0.349 e. The molecule has 4 nitrogen and oxygen atoms in total. The third-order valence-electron chi connectivity index (χ3n) is 2.79. The van der Waals surface area contributed by atoms with Crippen molar-refractivity contribution in [3.8, 4) is 0 Å². The average Bonchev–Trinajstić information content (AvgIpc) is 2.75. The molecule has 2 atom stereocenters. The van der Waals surface area contributed by atoms with Gasteiger partial charge in [-0.3, -0.25) is 9.89 Å². The van der Waals surface area contributed by atoms with Gasteiger partial charge in [0, 0.05) is 12.2 Å². The lowest BCUT2D eigenvalue weighted by Gasteiger charge is -2.10. The summed E-state index contributed by atoms with van der Waals surface area (Å²) in [7, 11) is 0. The molecule has 0 saturated heterocycles. The molecular formula is C10H15N3O. The van der Waals surface area contributed by atoms with Crippen molar-refractivity contribution in [1.82, 2.24) is 15.5 Å². The van der Waals surface area contributed by atoms with E-state index in [0.29, 0.717) is 11.6 Å². The molecule has 2 unspecified atom stereocenters. The summed E-state index contributed by atoms with van der Waals surface area (Å²) in [5, 5.41) is 9.39. The summed E-state index contributed by atoms with van der Waals surface area (Å²) in [4.78, 5) is 11.6. The van der Waals surface area contributed by atoms with E-state index in [1.807, 2.05) is 0 Å². The molecule has 1 heterocycles. The van der Waals surface area contributed by atoms with Crippen molar-refractivity contribution >= 4 is 5.91 Å². The molecule has 1 aliphatic rings. The molecule has 0 aliphatic heterocycles. The normalized spacial score (nSPS) is 26.4. The van der Waals surface area contributed by atoms with Crippen LogP contribution in [0.5, 0.6) is 0 Å². The maximum atomic E-state index is 11.6. The van der Waals surface area contributed by atoms with E-state index in [2.05, 4.69) is 22.4 Å². The number of carbonyl (C=O) groups is 1. The lowest BCUT2D eigenvalue weighted by atomic mass is 10.1. The topological polar surface area (TPSA) is 57.8 Å². The van der Waals surface area contributed by atoms with Gasteiger partial charge in [0.25, 0.3) is 5.91 Å². The van der Waals surface area contributed by atoms with Crippen LogP contribution >= 0.6 is 0 Å². The molecule has 1 aliphatic carbocycles. The molecule has 2 N–H and O–H groups in total. The number of H-pyrrole nitrogens is 1. The van der Waals surface area contributed by atoms with Crippen LogP contribution < -0.4 is 5.32 Å². The Balaban J connectivity index is 1.89. The molecule has 1 amide bonds. The Kier molecular flexibility index (Phi) is 2.52. The van der Waals surface area contributed by atoms with Gasteiger partial charge in [-0.15, -0.1) is 0 Å². The lowest BCUT2D eigenvalue weighted by molar-refractivity contribution is 0.0937. The monoisotopic (exact) mass is 193 g/mol. The van der Waals surface area contributed by atoms with Gasteiger partial charge in [0.1, 0.15) is 0 Å². The van der Waals surface area contributed by atoms with Gasteiger partial charge in [0.05, 0.1) is 11.8 Å². The Labute approximate surface area is 83.1 Å². The van der Waals surface area contributed by atoms with E-state index in [-0.39, 0.29) is 5.91 Å². The zero-order valence-electron chi connectivity index (χ0n) is 8.29. The van der Waals surface area contributed by atoms with Crippen LogP contribution in [-0.4, -0.2) is 22.1 Å². The summed E-state index contributed by atoms with van der Waals surface area (Å²) < 4.78 is 0. The first-order chi connectivity index (χ1) is 6.75. The third kappa shape index (κ3) is 1.95. The van der Waals surface area contributed by atoms with Crippen LogP contribution in [0.25, 0.3) is 0 Å². The molecule has 2 rings (SSSR count). The first kappa shape index (κ1) is 9.24. The second-order valence-corrected chi connectivity index (χ2v) is 4.08. The number of hydrogen-bond acceptors (Lipinski definition) is 2. The number of rotatable bonds is 2. The Morgan fingerprint density at radius 2 is 2.50 bits per heavy atom. The maximum Gasteiger partial charge on any atom is 0.254 e. The second-order valence-electron chi connectivity index (χ2n) is 4.08. The molecule has 4 heteroatoms. The van der Waals surface area contributed by atoms with E-state index < -0.39 is 0 Å². The quantitative estimate of drug-likeness (QED) is 0.744. The molecule has 14 heavy (non-hydrogen) atoms. The molecular weight excluding hydrogens is 178 g/mol. The number of aromatic nitrogens is 2. The molecule has 1 fully saturated rings. The van der Waals surface area contributed by atoms with Crippen LogP contribution in [0.2, 0.25) is 0 Å². The Morgan fingerprint density at radius 3 is 3.07 bits per heavy atom. The number of nitrogens with zero attached hydrogens (tertiary/aromatic N) is 1. The van der Waals surface area contributed by atoms with E-state index in [9.17, 15) is 4.79 Å². The zero-order chi connectivity index (χ0) is 9.97. The first-order valence-electron chi connectivity index (χ1n) is 5.05. The highest BCUT2D eigenvalue weighted by atomic mass is 16.1. The minimum atomic E-state index is -0.0159. The summed E-state index contributed by atoms with van der Waals surface area (Å²) in [6.07, 6.45) is 6.59. The molecule has 0 radical (unpaired) electrons. The van der Waals surface area contributed by atoms with Crippen LogP contribution in [0.3, 0.4) is 0 Å². The van der Waals surface area contributed by atoms with Crippen molar-refractivity contribution in [1.29, 1.82) is 0 Å². The van der Waals surface area contributed by atoms with Crippen LogP contribution in [0.4, 0.5) is 0 Å². The molecule has 0 bridgehead atoms. The SMILES string of the molecule is CC1CCC(NC(=O)c2cn[nH]c2)C1. The van der Waals surface area contributed by atoms with Gasteiger partial charge in [-0.25, -0.2) is 0 Å². The van der Waals surface area contributed by atoms with Gasteiger partial charge in [-0.2, -0.15) is 5.10 Å². The number of carbonyl (C=O) groups excluding carboxylic acids is 1. The fourth-order valence-electron chi connectivity index (χ4n) is 1.98. The van der Waals surface area contributed by atoms with E-state index >= 15 is 0 Å². The van der Waals surface area contributed by atoms with Gasteiger partial charge < -0.3 is 5.32 Å². The molecule has 0 aromatic carbocycles. The highest BCUT2D eigenvalue weighted by molar-refractivity contribution is 5.93. The number of amides is 1. The number of aromatic amines is 1. The van der Waals surface area contributed by atoms with Crippen molar-refractivity contribution < 1.29 is 4.79 Å². The van der Waals surface area contributed by atoms with Gasteiger partial charge in [0.2, 0.25) is 0 Å². The molecule has 1 aromatic rings. The van der Waals surface area contributed by atoms with Crippen molar-refractivity contribution in [2.45, 2.75) is 32.2 Å². The summed E-state index contributed by atoms with van der Waals surface area (Å²) >= 11 is 0. The van der Waals surface area contributed by atoms with Crippen molar-refractivity contribution in [2.24, 2.45) is 5.92 Å². The van der Waals surface area contributed by atoms with Crippen LogP contribution in [0.15, 0.2) is 12.4 Å². The smallest absolute Gasteiger partial charge is 0.254 e. The zero-order valence-corrected chi connectivity index (χ0v) is 8.29. The van der Waals surface area contributed by atoms with Crippen LogP contribution in [-0.2, 0) is 0 Å². The molecule has 1 aromatic heterocycles. The van der Waals surface area contributed by atoms with Crippen LogP contribution in [0.1, 0.15) is 36.5 Å². The van der Waals surface area contributed by atoms with Gasteiger partial charge in [0.15, 0.2) is 0 Å². The Bertz CT molecular complexity index is 307. The Morgan fingerprint density at radius 1 is 1.64 bits per heavy atom. The van der Waals surface area contributed by atoms with E-state index in [1.54, 1.807) is 12.4 Å². The average molecular weight is 193 g/mol. The van der Waals surface area contributed by atoms with Gasteiger partial charge >= 0.3 is 0 Å². The van der Waals surface area contributed by atoms with Crippen molar-refractivity contribution in [3.05, 3.63) is 18.0 Å². The summed E-state index contributed by atoms with van der Waals surface area (Å²) in [6, 6.07) is 0.354. The lowest BCUT2D eigenvalue weighted by Crippen LogP contribution is -2.32. The minimum absolute atomic E-state index is 0.0159. The summed E-state index contributed by atoms with van der Waals surface area (Å²) in [5.41, 5.74) is 0.615. The highest BCUT2D eigenvalue weighted by Gasteiger charge is 2.23. The van der Waals surface area contributed by atoms with Gasteiger partial charge in [-0.1, -0.05) is 6.92 Å². The third-order valence-corrected chi connectivity index (χ3v) is 2.79. The molecule has 0 spiro atoms. The molecule has 1 saturated carbocycles. The molecule has 76 valence electrons. The fraction of sp³-hybridized carbons (Fsp3) is 0.600. The Hall–Kier alpha value is -1.32. The van der Waals surface area contributed by atoms with Crippen LogP contribution in [0, 0.1) is 5.92 Å². The summed E-state index contributed by atoms with van der Waals surface area (Å²) in [5.74, 6) is 0.725. The predicted octanol–water partition coefficient (Wildman–Crippen LogP) is 1.33. The van der Waals surface area contributed by atoms with Crippen molar-refractivity contribution in [3.63, 3.8) is 0 Å². The highest BCUT2D eigenvalue weighted by Crippen LogP contribution is 2.24. The minimum Gasteiger partial charge on any atom is -0.349 e. The van der Waals surface area contributed by atoms with E-state index in [4.69, 9.17) is 0 Å². The summed E-state index contributed by atoms with van der Waals surface area (Å²) in [6.45, 7) is 2.23. The van der Waals surface area contributed by atoms with E-state index in [0.717, 1.165) is 18.8 Å². The van der Waals surface area contributed by atoms with E-state index in [1.165, 1.54) is 6.42 Å². The second kappa shape index (κ2) is 3.82. The maximum absolute atomic E-state index is 11.6. The fourth-order valence-corrected chi connectivity index (χ4v) is 1.98. The first-order valence-corrected chi connectivity index (χ1v) is 5.05. The number of nitrogens with one attached hydrogen (secondary N) is 2. The standard InChI is InChI=1S/C10H15N3O/c1-7-2-3-9(4-7)13-10(14)8-5-11-12-6-8/h5-7,9H,2-4H2,1H3,(H,11,12)(H,13,14). The van der Waals surface area contributed by atoms with Crippen molar-refractivity contribution in [2.75, 3.05) is 0 Å².